The van der Waals surface area contributed by atoms with Gasteiger partial charge in [0, 0.05) is 0 Å². The third-order valence-corrected chi connectivity index (χ3v) is 0.816. The van der Waals surface area contributed by atoms with Gasteiger partial charge >= 0.3 is 11.8 Å². The molecule has 1 atom stereocenters. The zero-order chi connectivity index (χ0) is 8.36. The summed E-state index contributed by atoms with van der Waals surface area (Å²) >= 11 is 0. The smallest absolute Gasteiger partial charge is 0.365 e. The van der Waals surface area contributed by atoms with Crippen molar-refractivity contribution in [3.63, 3.8) is 0 Å². The number of ether oxygens (including phenoxy) is 1. The standard InChI is InChI=1S/C4H6F3NO2/c1-10-3(9)4(7,8)2(5)6/h2H,8H2,1H3. The fourth-order valence-electron chi connectivity index (χ4n) is 0.246. The summed E-state index contributed by atoms with van der Waals surface area (Å²) in [4.78, 5) is 10.1. The van der Waals surface area contributed by atoms with Crippen molar-refractivity contribution in [2.75, 3.05) is 7.11 Å². The van der Waals surface area contributed by atoms with Crippen LogP contribution in [0.3, 0.4) is 0 Å². The zero-order valence-corrected chi connectivity index (χ0v) is 5.11. The zero-order valence-electron chi connectivity index (χ0n) is 5.11. The quantitative estimate of drug-likeness (QED) is 0.455. The Morgan fingerprint density at radius 2 is 2.10 bits per heavy atom. The Labute approximate surface area is 54.9 Å². The van der Waals surface area contributed by atoms with Gasteiger partial charge < -0.3 is 4.74 Å². The largest absolute Gasteiger partial charge is 0.465 e. The first-order valence-electron chi connectivity index (χ1n) is 2.27. The summed E-state index contributed by atoms with van der Waals surface area (Å²) in [5.41, 5.74) is 4.22. The first-order valence-corrected chi connectivity index (χ1v) is 2.27. The molecule has 60 valence electrons. The Morgan fingerprint density at radius 3 is 2.20 bits per heavy atom. The van der Waals surface area contributed by atoms with Gasteiger partial charge in [-0.2, -0.15) is 0 Å². The van der Waals surface area contributed by atoms with Crippen LogP contribution >= 0.6 is 0 Å². The molecule has 0 saturated heterocycles. The fraction of sp³-hybridized carbons (Fsp3) is 0.750. The summed E-state index contributed by atoms with van der Waals surface area (Å²) in [6.07, 6.45) is -3.57. The number of hydrogen-bond donors (Lipinski definition) is 1. The molecule has 0 bridgehead atoms. The van der Waals surface area contributed by atoms with Gasteiger partial charge in [-0.25, -0.2) is 18.0 Å². The molecule has 3 nitrogen and oxygen atoms in total. The van der Waals surface area contributed by atoms with Crippen LogP contribution in [0, 0.1) is 0 Å². The molecule has 0 aromatic rings. The van der Waals surface area contributed by atoms with Crippen molar-refractivity contribution in [1.82, 2.24) is 0 Å². The lowest BCUT2D eigenvalue weighted by Gasteiger charge is -2.14. The lowest BCUT2D eigenvalue weighted by atomic mass is 10.3. The van der Waals surface area contributed by atoms with Crippen LogP contribution in [0.4, 0.5) is 13.2 Å². The molecule has 0 radical (unpaired) electrons. The molecule has 1 unspecified atom stereocenters. The van der Waals surface area contributed by atoms with Gasteiger partial charge in [-0.05, 0) is 0 Å². The monoisotopic (exact) mass is 157 g/mol. The molecule has 0 aliphatic carbocycles. The highest BCUT2D eigenvalue weighted by atomic mass is 19.3. The topological polar surface area (TPSA) is 52.3 Å². The molecule has 2 N–H and O–H groups in total. The average Bonchev–Trinajstić information content (AvgIpc) is 1.86. The molecule has 0 fully saturated rings. The van der Waals surface area contributed by atoms with E-state index in [0.29, 0.717) is 0 Å². The Balaban J connectivity index is 4.24. The van der Waals surface area contributed by atoms with Crippen molar-refractivity contribution in [3.8, 4) is 0 Å². The number of halogens is 3. The Hall–Kier alpha value is -0.780. The maximum absolute atomic E-state index is 12.2. The predicted octanol–water partition coefficient (Wildman–Crippen LogP) is 0.0490. The first kappa shape index (κ1) is 9.22. The van der Waals surface area contributed by atoms with E-state index in [1.807, 2.05) is 0 Å². The van der Waals surface area contributed by atoms with Crippen LogP contribution in [0.5, 0.6) is 0 Å². The molecule has 0 aliphatic rings. The van der Waals surface area contributed by atoms with Gasteiger partial charge in [0.05, 0.1) is 7.11 Å². The normalized spacial score (nSPS) is 16.6. The third kappa shape index (κ3) is 1.60. The van der Waals surface area contributed by atoms with Crippen LogP contribution in [0.1, 0.15) is 0 Å². The predicted molar refractivity (Wildman–Crippen MR) is 26.0 cm³/mol. The van der Waals surface area contributed by atoms with Crippen molar-refractivity contribution < 1.29 is 22.7 Å². The lowest BCUT2D eigenvalue weighted by molar-refractivity contribution is -0.165. The maximum Gasteiger partial charge on any atom is 0.365 e. The minimum atomic E-state index is -3.69. The third-order valence-electron chi connectivity index (χ3n) is 0.816. The number of carbonyl (C=O) groups excluding carboxylic acids is 1. The number of nitrogens with two attached hydrogens (primary N) is 1. The van der Waals surface area contributed by atoms with Crippen LogP contribution in [0.2, 0.25) is 0 Å². The van der Waals surface area contributed by atoms with E-state index >= 15 is 0 Å². The number of esters is 1. The van der Waals surface area contributed by atoms with Gasteiger partial charge in [0.2, 0.25) is 0 Å². The number of rotatable bonds is 2. The molecule has 0 saturated carbocycles. The van der Waals surface area contributed by atoms with Crippen LogP contribution in [0.25, 0.3) is 0 Å². The van der Waals surface area contributed by atoms with Crippen LogP contribution in [0.15, 0.2) is 0 Å². The molecule has 10 heavy (non-hydrogen) atoms. The van der Waals surface area contributed by atoms with E-state index in [0.717, 1.165) is 7.11 Å². The molecular formula is C4H6F3NO2. The first-order chi connectivity index (χ1) is 4.42. The number of alkyl halides is 3. The highest BCUT2D eigenvalue weighted by Crippen LogP contribution is 2.15. The Bertz CT molecular complexity index is 136. The van der Waals surface area contributed by atoms with Gasteiger partial charge in [0.1, 0.15) is 0 Å². The summed E-state index contributed by atoms with van der Waals surface area (Å²) < 4.78 is 38.7. The SMILES string of the molecule is COC(=O)C(N)(F)C(F)F. The highest BCUT2D eigenvalue weighted by molar-refractivity contribution is 5.78. The van der Waals surface area contributed by atoms with Crippen molar-refractivity contribution in [2.24, 2.45) is 5.73 Å². The summed E-state index contributed by atoms with van der Waals surface area (Å²) in [5.74, 6) is -5.46. The fourth-order valence-corrected chi connectivity index (χ4v) is 0.246. The molecule has 0 aliphatic heterocycles. The van der Waals surface area contributed by atoms with Gasteiger partial charge in [-0.1, -0.05) is 0 Å². The molecule has 0 amide bonds. The molecular weight excluding hydrogens is 151 g/mol. The number of methoxy groups -OCH3 is 1. The molecule has 6 heteroatoms. The van der Waals surface area contributed by atoms with Gasteiger partial charge in [0.25, 0.3) is 6.43 Å². The van der Waals surface area contributed by atoms with Crippen molar-refractivity contribution in [1.29, 1.82) is 0 Å². The van der Waals surface area contributed by atoms with Crippen molar-refractivity contribution >= 4 is 5.97 Å². The van der Waals surface area contributed by atoms with Crippen LogP contribution < -0.4 is 5.73 Å². The second-order valence-electron chi connectivity index (χ2n) is 1.56. The Kier molecular flexibility index (Phi) is 2.65. The molecule has 0 aromatic carbocycles. The van der Waals surface area contributed by atoms with Crippen molar-refractivity contribution in [3.05, 3.63) is 0 Å². The summed E-state index contributed by atoms with van der Waals surface area (Å²) in [5, 5.41) is 0. The van der Waals surface area contributed by atoms with E-state index in [9.17, 15) is 18.0 Å². The Morgan fingerprint density at radius 1 is 1.70 bits per heavy atom. The van der Waals surface area contributed by atoms with E-state index in [2.05, 4.69) is 10.5 Å². The van der Waals surface area contributed by atoms with Crippen LogP contribution in [-0.4, -0.2) is 25.3 Å². The lowest BCUT2D eigenvalue weighted by Crippen LogP contribution is -2.50. The number of carbonyl (C=O) groups is 1. The highest BCUT2D eigenvalue weighted by Gasteiger charge is 2.45. The summed E-state index contributed by atoms with van der Waals surface area (Å²) in [6, 6.07) is 0. The molecule has 0 aromatic heterocycles. The van der Waals surface area contributed by atoms with E-state index in [1.165, 1.54) is 0 Å². The van der Waals surface area contributed by atoms with E-state index in [4.69, 9.17) is 0 Å². The minimum Gasteiger partial charge on any atom is -0.465 e. The minimum absolute atomic E-state index is 0.770. The van der Waals surface area contributed by atoms with E-state index in [-0.39, 0.29) is 0 Å². The van der Waals surface area contributed by atoms with Gasteiger partial charge in [-0.15, -0.1) is 0 Å². The molecule has 0 heterocycles. The molecule has 0 spiro atoms. The van der Waals surface area contributed by atoms with E-state index < -0.39 is 18.2 Å². The second kappa shape index (κ2) is 2.87. The number of hydrogen-bond acceptors (Lipinski definition) is 3. The maximum atomic E-state index is 12.2. The average molecular weight is 157 g/mol. The van der Waals surface area contributed by atoms with Crippen LogP contribution in [-0.2, 0) is 9.53 Å². The summed E-state index contributed by atoms with van der Waals surface area (Å²) in [6.45, 7) is 0. The summed E-state index contributed by atoms with van der Waals surface area (Å²) in [7, 11) is 0.770. The second-order valence-corrected chi connectivity index (χ2v) is 1.56. The van der Waals surface area contributed by atoms with E-state index in [1.54, 1.807) is 0 Å². The van der Waals surface area contributed by atoms with Gasteiger partial charge in [-0.3, -0.25) is 5.73 Å². The van der Waals surface area contributed by atoms with Crippen molar-refractivity contribution in [2.45, 2.75) is 12.2 Å². The van der Waals surface area contributed by atoms with Gasteiger partial charge in [0.15, 0.2) is 0 Å². The molecule has 0 rings (SSSR count).